The third-order valence-electron chi connectivity index (χ3n) is 2.58. The van der Waals surface area contributed by atoms with Gasteiger partial charge in [0.15, 0.2) is 0 Å². The zero-order chi connectivity index (χ0) is 15.6. The van der Waals surface area contributed by atoms with Crippen molar-refractivity contribution in [2.24, 2.45) is 0 Å². The zero-order valence-corrected chi connectivity index (χ0v) is 12.8. The van der Waals surface area contributed by atoms with Crippen molar-refractivity contribution in [2.75, 3.05) is 4.72 Å². The van der Waals surface area contributed by atoms with Crippen LogP contribution >= 0.6 is 15.9 Å². The molecule has 0 saturated carbocycles. The van der Waals surface area contributed by atoms with Crippen molar-refractivity contribution in [2.45, 2.75) is 4.90 Å². The van der Waals surface area contributed by atoms with Crippen LogP contribution < -0.4 is 4.72 Å². The van der Waals surface area contributed by atoms with E-state index in [2.05, 4.69) is 15.9 Å². The van der Waals surface area contributed by atoms with Crippen molar-refractivity contribution < 1.29 is 22.7 Å². The Labute approximate surface area is 128 Å². The summed E-state index contributed by atoms with van der Waals surface area (Å²) in [5.41, 5.74) is -0.646. The fourth-order valence-electron chi connectivity index (χ4n) is 1.60. The second-order valence-electron chi connectivity index (χ2n) is 4.04. The fourth-order valence-corrected chi connectivity index (χ4v) is 3.66. The van der Waals surface area contributed by atoms with Crippen LogP contribution in [0, 0.1) is 5.82 Å². The Bertz CT molecular complexity index is 808. The lowest BCUT2D eigenvalue weighted by atomic mass is 10.2. The summed E-state index contributed by atoms with van der Waals surface area (Å²) < 4.78 is 40.4. The van der Waals surface area contributed by atoms with Gasteiger partial charge in [0.1, 0.15) is 10.7 Å². The molecule has 0 aliphatic rings. The van der Waals surface area contributed by atoms with Gasteiger partial charge in [0, 0.05) is 4.47 Å². The highest BCUT2D eigenvalue weighted by atomic mass is 79.9. The van der Waals surface area contributed by atoms with E-state index < -0.39 is 27.5 Å². The molecule has 2 N–H and O–H groups in total. The fraction of sp³-hybridized carbons (Fsp3) is 0. The molecule has 0 spiro atoms. The molecule has 5 nitrogen and oxygen atoms in total. The van der Waals surface area contributed by atoms with Crippen LogP contribution in [0.15, 0.2) is 51.8 Å². The van der Waals surface area contributed by atoms with Crippen LogP contribution in [0.3, 0.4) is 0 Å². The second kappa shape index (κ2) is 5.82. The number of rotatable bonds is 4. The maximum atomic E-state index is 13.6. The lowest BCUT2D eigenvalue weighted by Crippen LogP contribution is -2.15. The summed E-state index contributed by atoms with van der Waals surface area (Å²) in [6.45, 7) is 0. The highest BCUT2D eigenvalue weighted by Crippen LogP contribution is 2.25. The number of aromatic carboxylic acids is 1. The monoisotopic (exact) mass is 373 g/mol. The molecule has 2 rings (SSSR count). The first-order valence-corrected chi connectivity index (χ1v) is 7.89. The third-order valence-corrected chi connectivity index (χ3v) is 4.96. The molecule has 0 amide bonds. The molecule has 0 radical (unpaired) electrons. The van der Waals surface area contributed by atoms with Crippen LogP contribution in [0.25, 0.3) is 0 Å². The van der Waals surface area contributed by atoms with Crippen LogP contribution in [0.2, 0.25) is 0 Å². The van der Waals surface area contributed by atoms with E-state index in [1.54, 1.807) is 6.07 Å². The summed E-state index contributed by atoms with van der Waals surface area (Å²) in [5.74, 6) is -2.15. The van der Waals surface area contributed by atoms with Crippen molar-refractivity contribution in [3.63, 3.8) is 0 Å². The van der Waals surface area contributed by atoms with Gasteiger partial charge in [0.05, 0.1) is 11.3 Å². The van der Waals surface area contributed by atoms with Gasteiger partial charge in [-0.1, -0.05) is 12.1 Å². The van der Waals surface area contributed by atoms with E-state index in [4.69, 9.17) is 5.11 Å². The molecule has 0 unspecified atom stereocenters. The molecular formula is C13H9BrFNO4S. The van der Waals surface area contributed by atoms with Gasteiger partial charge in [0.25, 0.3) is 10.0 Å². The van der Waals surface area contributed by atoms with Gasteiger partial charge >= 0.3 is 5.97 Å². The molecular weight excluding hydrogens is 365 g/mol. The van der Waals surface area contributed by atoms with Gasteiger partial charge in [-0.3, -0.25) is 4.72 Å². The summed E-state index contributed by atoms with van der Waals surface area (Å²) in [5, 5.41) is 8.85. The van der Waals surface area contributed by atoms with Crippen molar-refractivity contribution in [3.05, 3.63) is 58.3 Å². The Kier molecular flexibility index (Phi) is 4.29. The molecule has 2 aromatic rings. The molecule has 8 heteroatoms. The second-order valence-corrected chi connectivity index (χ2v) is 6.54. The molecule has 0 atom stereocenters. The van der Waals surface area contributed by atoms with Gasteiger partial charge in [-0.2, -0.15) is 0 Å². The Morgan fingerprint density at radius 2 is 1.86 bits per heavy atom. The zero-order valence-electron chi connectivity index (χ0n) is 10.4. The van der Waals surface area contributed by atoms with Crippen molar-refractivity contribution in [3.8, 4) is 0 Å². The number of carboxylic acid groups (broad SMARTS) is 1. The molecule has 0 fully saturated rings. The highest BCUT2D eigenvalue weighted by Gasteiger charge is 2.19. The lowest BCUT2D eigenvalue weighted by molar-refractivity contribution is 0.0697. The Morgan fingerprint density at radius 1 is 1.19 bits per heavy atom. The number of halogens is 2. The summed E-state index contributed by atoms with van der Waals surface area (Å²) in [6.07, 6.45) is 0. The maximum Gasteiger partial charge on any atom is 0.335 e. The largest absolute Gasteiger partial charge is 0.478 e. The van der Waals surface area contributed by atoms with E-state index in [-0.39, 0.29) is 10.5 Å². The molecule has 0 aromatic heterocycles. The summed E-state index contributed by atoms with van der Waals surface area (Å²) in [6, 6.07) is 8.88. The van der Waals surface area contributed by atoms with E-state index in [0.717, 1.165) is 18.2 Å². The number of hydrogen-bond acceptors (Lipinski definition) is 3. The summed E-state index contributed by atoms with van der Waals surface area (Å²) in [4.78, 5) is 10.8. The first-order chi connectivity index (χ1) is 9.81. The normalized spacial score (nSPS) is 11.1. The molecule has 0 saturated heterocycles. The van der Waals surface area contributed by atoms with Gasteiger partial charge in [-0.15, -0.1) is 0 Å². The molecule has 0 heterocycles. The molecule has 0 bridgehead atoms. The molecule has 2 aromatic carbocycles. The predicted octanol–water partition coefficient (Wildman–Crippen LogP) is 3.09. The molecule has 0 aliphatic heterocycles. The number of nitrogens with one attached hydrogen (secondary N) is 1. The number of anilines is 1. The van der Waals surface area contributed by atoms with Crippen LogP contribution in [0.1, 0.15) is 10.4 Å². The number of hydrogen-bond donors (Lipinski definition) is 2. The third kappa shape index (κ3) is 3.40. The number of benzene rings is 2. The van der Waals surface area contributed by atoms with Gasteiger partial charge < -0.3 is 5.11 Å². The van der Waals surface area contributed by atoms with Crippen LogP contribution in [-0.2, 0) is 10.0 Å². The first kappa shape index (κ1) is 15.5. The lowest BCUT2D eigenvalue weighted by Gasteiger charge is -2.10. The average Bonchev–Trinajstić information content (AvgIpc) is 2.41. The van der Waals surface area contributed by atoms with Gasteiger partial charge in [0.2, 0.25) is 0 Å². The average molecular weight is 374 g/mol. The van der Waals surface area contributed by atoms with Crippen molar-refractivity contribution >= 4 is 37.6 Å². The molecule has 21 heavy (non-hydrogen) atoms. The van der Waals surface area contributed by atoms with Crippen LogP contribution in [0.4, 0.5) is 10.1 Å². The minimum absolute atomic E-state index is 0.0786. The number of carboxylic acids is 1. The van der Waals surface area contributed by atoms with E-state index in [1.165, 1.54) is 18.2 Å². The summed E-state index contributed by atoms with van der Waals surface area (Å²) >= 11 is 3.09. The quantitative estimate of drug-likeness (QED) is 0.862. The van der Waals surface area contributed by atoms with Crippen LogP contribution in [-0.4, -0.2) is 19.5 Å². The van der Waals surface area contributed by atoms with Gasteiger partial charge in [-0.25, -0.2) is 17.6 Å². The Morgan fingerprint density at radius 3 is 2.48 bits per heavy atom. The topological polar surface area (TPSA) is 83.5 Å². The van der Waals surface area contributed by atoms with Gasteiger partial charge in [-0.05, 0) is 46.3 Å². The van der Waals surface area contributed by atoms with Crippen LogP contribution in [0.5, 0.6) is 0 Å². The Hall–Kier alpha value is -1.93. The highest BCUT2D eigenvalue weighted by molar-refractivity contribution is 9.10. The van der Waals surface area contributed by atoms with E-state index >= 15 is 0 Å². The SMILES string of the molecule is O=C(O)c1ccc(F)c(NS(=O)(=O)c2ccccc2Br)c1. The van der Waals surface area contributed by atoms with E-state index in [1.807, 2.05) is 4.72 Å². The predicted molar refractivity (Wildman–Crippen MR) is 78.3 cm³/mol. The Balaban J connectivity index is 2.44. The van der Waals surface area contributed by atoms with Crippen molar-refractivity contribution in [1.29, 1.82) is 0 Å². The maximum absolute atomic E-state index is 13.6. The number of sulfonamides is 1. The summed E-state index contributed by atoms with van der Waals surface area (Å²) in [7, 11) is -4.04. The van der Waals surface area contributed by atoms with E-state index in [9.17, 15) is 17.6 Å². The molecule has 110 valence electrons. The standard InChI is InChI=1S/C13H9BrFNO4S/c14-9-3-1-2-4-12(9)21(19,20)16-11-7-8(13(17)18)5-6-10(11)15/h1-7,16H,(H,17,18). The molecule has 0 aliphatic carbocycles. The van der Waals surface area contributed by atoms with Crippen molar-refractivity contribution in [1.82, 2.24) is 0 Å². The minimum Gasteiger partial charge on any atom is -0.478 e. The minimum atomic E-state index is -4.04. The first-order valence-electron chi connectivity index (χ1n) is 5.61. The smallest absolute Gasteiger partial charge is 0.335 e. The number of carbonyl (C=O) groups is 1. The van der Waals surface area contributed by atoms with E-state index in [0.29, 0.717) is 4.47 Å².